The van der Waals surface area contributed by atoms with Crippen LogP contribution in [-0.2, 0) is 12.0 Å². The maximum atomic E-state index is 6.25. The van der Waals surface area contributed by atoms with Gasteiger partial charge in [-0.1, -0.05) is 72.3 Å². The minimum Gasteiger partial charge on any atom is -0.367 e. The summed E-state index contributed by atoms with van der Waals surface area (Å²) in [5.74, 6) is 1.81. The van der Waals surface area contributed by atoms with Gasteiger partial charge in [-0.05, 0) is 103 Å². The fraction of sp³-hybridized carbons (Fsp3) is 0.419. The van der Waals surface area contributed by atoms with E-state index in [0.717, 1.165) is 29.9 Å². The largest absolute Gasteiger partial charge is 0.367 e. The molecule has 2 unspecified atom stereocenters. The van der Waals surface area contributed by atoms with Gasteiger partial charge in [-0.3, -0.25) is 0 Å². The Morgan fingerprint density at radius 1 is 0.758 bits per heavy atom. The van der Waals surface area contributed by atoms with Crippen LogP contribution in [0.2, 0.25) is 5.02 Å². The number of nitrogens with zero attached hydrogens (tertiary/aromatic N) is 1. The van der Waals surface area contributed by atoms with Gasteiger partial charge in [0.2, 0.25) is 0 Å². The van der Waals surface area contributed by atoms with Crippen LogP contribution in [0.1, 0.15) is 56.1 Å². The number of anilines is 1. The van der Waals surface area contributed by atoms with Gasteiger partial charge >= 0.3 is 0 Å². The SMILES string of the molecule is Clc1ccc(C23CC4CC(CC(CCN(Cc5ccccc5)c5ccccc5)(C4)C2)C3)cc1. The Morgan fingerprint density at radius 2 is 1.39 bits per heavy atom. The zero-order valence-electron chi connectivity index (χ0n) is 19.4. The number of hydrogen-bond donors (Lipinski definition) is 0. The van der Waals surface area contributed by atoms with Crippen molar-refractivity contribution in [1.82, 2.24) is 0 Å². The molecule has 33 heavy (non-hydrogen) atoms. The number of para-hydroxylation sites is 1. The number of hydrogen-bond acceptors (Lipinski definition) is 1. The molecule has 170 valence electrons. The Kier molecular flexibility index (Phi) is 5.49. The molecule has 4 bridgehead atoms. The molecule has 4 saturated carbocycles. The highest BCUT2D eigenvalue weighted by Gasteiger charge is 2.57. The first-order valence-corrected chi connectivity index (χ1v) is 13.1. The van der Waals surface area contributed by atoms with Crippen LogP contribution in [0.15, 0.2) is 84.9 Å². The lowest BCUT2D eigenvalue weighted by atomic mass is 9.42. The van der Waals surface area contributed by atoms with Crippen LogP contribution in [0.3, 0.4) is 0 Å². The van der Waals surface area contributed by atoms with Crippen LogP contribution in [-0.4, -0.2) is 6.54 Å². The van der Waals surface area contributed by atoms with E-state index in [0.29, 0.717) is 10.8 Å². The highest BCUT2D eigenvalue weighted by Crippen LogP contribution is 2.66. The van der Waals surface area contributed by atoms with Gasteiger partial charge in [0.1, 0.15) is 0 Å². The van der Waals surface area contributed by atoms with E-state index < -0.39 is 0 Å². The van der Waals surface area contributed by atoms with Gasteiger partial charge in [-0.15, -0.1) is 0 Å². The maximum Gasteiger partial charge on any atom is 0.0429 e. The average molecular weight is 456 g/mol. The Morgan fingerprint density at radius 3 is 2.06 bits per heavy atom. The zero-order chi connectivity index (χ0) is 22.3. The van der Waals surface area contributed by atoms with Crippen LogP contribution in [0.5, 0.6) is 0 Å². The molecule has 0 heterocycles. The molecule has 4 fully saturated rings. The third-order valence-electron chi connectivity index (χ3n) is 8.89. The molecule has 2 atom stereocenters. The summed E-state index contributed by atoms with van der Waals surface area (Å²) in [5.41, 5.74) is 5.16. The first-order chi connectivity index (χ1) is 16.1. The Bertz CT molecular complexity index is 1060. The topological polar surface area (TPSA) is 3.24 Å². The molecular weight excluding hydrogens is 422 g/mol. The van der Waals surface area contributed by atoms with Gasteiger partial charge < -0.3 is 4.90 Å². The molecule has 4 aliphatic rings. The molecule has 3 aromatic carbocycles. The van der Waals surface area contributed by atoms with Crippen LogP contribution in [0.25, 0.3) is 0 Å². The fourth-order valence-corrected chi connectivity index (χ4v) is 8.13. The minimum atomic E-state index is 0.381. The third-order valence-corrected chi connectivity index (χ3v) is 9.14. The van der Waals surface area contributed by atoms with E-state index in [-0.39, 0.29) is 0 Å². The van der Waals surface area contributed by atoms with Crippen LogP contribution in [0, 0.1) is 17.3 Å². The predicted molar refractivity (Wildman–Crippen MR) is 139 cm³/mol. The van der Waals surface area contributed by atoms with Crippen molar-refractivity contribution in [2.75, 3.05) is 11.4 Å². The molecule has 1 nitrogen and oxygen atoms in total. The van der Waals surface area contributed by atoms with Gasteiger partial charge in [0.15, 0.2) is 0 Å². The van der Waals surface area contributed by atoms with Crippen LogP contribution >= 0.6 is 11.6 Å². The molecule has 0 aromatic heterocycles. The summed E-state index contributed by atoms with van der Waals surface area (Å²) in [5, 5.41) is 0.859. The summed E-state index contributed by atoms with van der Waals surface area (Å²) in [6.07, 6.45) is 9.78. The Labute approximate surface area is 203 Å². The van der Waals surface area contributed by atoms with Crippen molar-refractivity contribution in [3.63, 3.8) is 0 Å². The van der Waals surface area contributed by atoms with Gasteiger partial charge in [0, 0.05) is 23.8 Å². The summed E-state index contributed by atoms with van der Waals surface area (Å²) in [4.78, 5) is 2.61. The summed E-state index contributed by atoms with van der Waals surface area (Å²) in [6, 6.07) is 30.9. The summed E-state index contributed by atoms with van der Waals surface area (Å²) < 4.78 is 0. The van der Waals surface area contributed by atoms with Gasteiger partial charge in [-0.25, -0.2) is 0 Å². The molecule has 0 saturated heterocycles. The smallest absolute Gasteiger partial charge is 0.0429 e. The molecule has 0 amide bonds. The molecule has 3 aromatic rings. The first-order valence-electron chi connectivity index (χ1n) is 12.7. The number of rotatable bonds is 7. The van der Waals surface area contributed by atoms with E-state index in [1.165, 1.54) is 56.2 Å². The summed E-state index contributed by atoms with van der Waals surface area (Å²) >= 11 is 6.25. The van der Waals surface area contributed by atoms with Gasteiger partial charge in [0.25, 0.3) is 0 Å². The van der Waals surface area contributed by atoms with Crippen molar-refractivity contribution < 1.29 is 0 Å². The van der Waals surface area contributed by atoms with Crippen molar-refractivity contribution in [2.45, 2.75) is 56.9 Å². The Hall–Kier alpha value is -2.25. The number of halogens is 1. The molecule has 0 aliphatic heterocycles. The molecule has 2 heteroatoms. The lowest BCUT2D eigenvalue weighted by Gasteiger charge is -2.63. The maximum absolute atomic E-state index is 6.25. The molecular formula is C31H34ClN. The van der Waals surface area contributed by atoms with E-state index in [2.05, 4.69) is 89.8 Å². The lowest BCUT2D eigenvalue weighted by molar-refractivity contribution is -0.0751. The highest BCUT2D eigenvalue weighted by molar-refractivity contribution is 6.30. The van der Waals surface area contributed by atoms with Gasteiger partial charge in [0.05, 0.1) is 0 Å². The van der Waals surface area contributed by atoms with E-state index >= 15 is 0 Å². The summed E-state index contributed by atoms with van der Waals surface area (Å²) in [6.45, 7) is 2.12. The van der Waals surface area contributed by atoms with E-state index in [1.807, 2.05) is 0 Å². The lowest BCUT2D eigenvalue weighted by Crippen LogP contribution is -2.54. The zero-order valence-corrected chi connectivity index (χ0v) is 20.2. The summed E-state index contributed by atoms with van der Waals surface area (Å²) in [7, 11) is 0. The second-order valence-corrected chi connectivity index (χ2v) is 11.7. The predicted octanol–water partition coefficient (Wildman–Crippen LogP) is 8.27. The van der Waals surface area contributed by atoms with Crippen molar-refractivity contribution in [3.05, 3.63) is 101 Å². The first kappa shape index (κ1) is 21.3. The van der Waals surface area contributed by atoms with Crippen molar-refractivity contribution in [1.29, 1.82) is 0 Å². The molecule has 0 spiro atoms. The molecule has 7 rings (SSSR count). The molecule has 4 aliphatic carbocycles. The van der Waals surface area contributed by atoms with E-state index in [4.69, 9.17) is 11.6 Å². The average Bonchev–Trinajstić information content (AvgIpc) is 2.82. The molecule has 0 radical (unpaired) electrons. The van der Waals surface area contributed by atoms with Crippen molar-refractivity contribution >= 4 is 17.3 Å². The minimum absolute atomic E-state index is 0.381. The van der Waals surface area contributed by atoms with E-state index in [1.54, 1.807) is 5.56 Å². The van der Waals surface area contributed by atoms with Crippen LogP contribution in [0.4, 0.5) is 5.69 Å². The van der Waals surface area contributed by atoms with E-state index in [9.17, 15) is 0 Å². The second-order valence-electron chi connectivity index (χ2n) is 11.2. The van der Waals surface area contributed by atoms with Crippen molar-refractivity contribution in [3.8, 4) is 0 Å². The normalized spacial score (nSPS) is 29.8. The van der Waals surface area contributed by atoms with Crippen LogP contribution < -0.4 is 4.90 Å². The Balaban J connectivity index is 1.25. The van der Waals surface area contributed by atoms with Crippen molar-refractivity contribution in [2.24, 2.45) is 17.3 Å². The third kappa shape index (κ3) is 4.21. The monoisotopic (exact) mass is 455 g/mol. The fourth-order valence-electron chi connectivity index (χ4n) is 8.00. The van der Waals surface area contributed by atoms with Gasteiger partial charge in [-0.2, -0.15) is 0 Å². The standard InChI is InChI=1S/C31H34ClN/c32-28-13-11-27(12-14-28)31-20-25-17-26(21-31)19-30(18-25,23-31)15-16-33(29-9-5-2-6-10-29)22-24-7-3-1-4-8-24/h1-14,25-26H,15-23H2. The second kappa shape index (κ2) is 8.51. The quantitative estimate of drug-likeness (QED) is 0.346. The molecule has 0 N–H and O–H groups in total. The highest BCUT2D eigenvalue weighted by atomic mass is 35.5. The number of benzene rings is 3.